The van der Waals surface area contributed by atoms with Crippen molar-refractivity contribution in [3.05, 3.63) is 47.4 Å². The highest BCUT2D eigenvalue weighted by Gasteiger charge is 2.21. The third-order valence-corrected chi connectivity index (χ3v) is 5.02. The number of piperazine rings is 1. The van der Waals surface area contributed by atoms with E-state index in [0.717, 1.165) is 37.9 Å². The van der Waals surface area contributed by atoms with E-state index in [1.165, 1.54) is 12.8 Å². The number of rotatable bonds is 5. The van der Waals surface area contributed by atoms with Gasteiger partial charge in [-0.05, 0) is 37.3 Å². The van der Waals surface area contributed by atoms with E-state index < -0.39 is 5.97 Å². The highest BCUT2D eigenvalue weighted by molar-refractivity contribution is 14.0. The molecule has 0 saturated carbocycles. The molecule has 1 aromatic carbocycles. The Kier molecular flexibility index (Phi) is 8.82. The summed E-state index contributed by atoms with van der Waals surface area (Å²) in [6, 6.07) is 9.84. The van der Waals surface area contributed by atoms with Gasteiger partial charge in [0.1, 0.15) is 22.8 Å². The Morgan fingerprint density at radius 1 is 1.17 bits per heavy atom. The molecule has 0 unspecified atom stereocenters. The summed E-state index contributed by atoms with van der Waals surface area (Å²) in [5.74, 6) is 2.50. The van der Waals surface area contributed by atoms with Crippen molar-refractivity contribution < 1.29 is 18.7 Å². The zero-order valence-corrected chi connectivity index (χ0v) is 20.1. The fraction of sp³-hybridized carbons (Fsp3) is 0.429. The van der Waals surface area contributed by atoms with Crippen LogP contribution in [0, 0.1) is 6.92 Å². The minimum Gasteiger partial charge on any atom is -0.497 e. The Morgan fingerprint density at radius 3 is 2.40 bits per heavy atom. The number of halogens is 1. The van der Waals surface area contributed by atoms with Gasteiger partial charge < -0.3 is 29.0 Å². The number of hydrogen-bond donors (Lipinski definition) is 1. The number of anilines is 1. The second kappa shape index (κ2) is 11.1. The van der Waals surface area contributed by atoms with Crippen LogP contribution in [0.2, 0.25) is 0 Å². The number of carbonyl (C=O) groups is 1. The molecule has 1 N–H and O–H groups in total. The number of esters is 1. The van der Waals surface area contributed by atoms with Crippen molar-refractivity contribution in [2.75, 3.05) is 52.3 Å². The standard InChI is InChI=1S/C21H28N4O4.HI/c1-15-19(20(26)28-4)13-18(29-15)14-23-21(22-2)25-11-9-24(10-12-25)16-5-7-17(27-3)8-6-16;/h5-8,13H,9-12,14H2,1-4H3,(H,22,23);1H. The molecule has 1 aliphatic rings. The van der Waals surface area contributed by atoms with Crippen molar-refractivity contribution in [2.24, 2.45) is 4.99 Å². The van der Waals surface area contributed by atoms with Crippen molar-refractivity contribution in [2.45, 2.75) is 13.5 Å². The van der Waals surface area contributed by atoms with Crippen LogP contribution in [0.4, 0.5) is 5.69 Å². The van der Waals surface area contributed by atoms with Gasteiger partial charge in [-0.15, -0.1) is 24.0 Å². The molecule has 9 heteroatoms. The molecule has 1 fully saturated rings. The average Bonchev–Trinajstić information content (AvgIpc) is 3.14. The molecule has 1 saturated heterocycles. The van der Waals surface area contributed by atoms with Crippen LogP contribution in [0.1, 0.15) is 21.9 Å². The Balaban J connectivity index is 0.00000320. The maximum Gasteiger partial charge on any atom is 0.341 e. The lowest BCUT2D eigenvalue weighted by molar-refractivity contribution is 0.0599. The van der Waals surface area contributed by atoms with Gasteiger partial charge in [0.05, 0.1) is 20.8 Å². The summed E-state index contributed by atoms with van der Waals surface area (Å²) in [6.45, 7) is 5.72. The molecule has 0 amide bonds. The van der Waals surface area contributed by atoms with Gasteiger partial charge in [-0.2, -0.15) is 0 Å². The average molecular weight is 528 g/mol. The maximum atomic E-state index is 11.7. The third-order valence-electron chi connectivity index (χ3n) is 5.02. The Morgan fingerprint density at radius 2 is 1.83 bits per heavy atom. The summed E-state index contributed by atoms with van der Waals surface area (Å²) < 4.78 is 15.7. The second-order valence-electron chi connectivity index (χ2n) is 6.75. The number of aryl methyl sites for hydroxylation is 1. The number of guanidine groups is 1. The molecule has 3 rings (SSSR count). The fourth-order valence-corrected chi connectivity index (χ4v) is 3.41. The third kappa shape index (κ3) is 5.59. The van der Waals surface area contributed by atoms with Crippen LogP contribution >= 0.6 is 24.0 Å². The van der Waals surface area contributed by atoms with Crippen LogP contribution in [-0.4, -0.2) is 64.3 Å². The predicted molar refractivity (Wildman–Crippen MR) is 127 cm³/mol. The lowest BCUT2D eigenvalue weighted by Gasteiger charge is -2.37. The van der Waals surface area contributed by atoms with E-state index >= 15 is 0 Å². The molecular formula is C21H29IN4O4. The van der Waals surface area contributed by atoms with Gasteiger partial charge in [-0.25, -0.2) is 4.79 Å². The first-order chi connectivity index (χ1) is 14.0. The zero-order chi connectivity index (χ0) is 20.8. The van der Waals surface area contributed by atoms with Gasteiger partial charge in [0, 0.05) is 38.9 Å². The van der Waals surface area contributed by atoms with Crippen molar-refractivity contribution in [1.29, 1.82) is 0 Å². The number of hydrogen-bond acceptors (Lipinski definition) is 6. The summed E-state index contributed by atoms with van der Waals surface area (Å²) >= 11 is 0. The number of benzene rings is 1. The summed E-state index contributed by atoms with van der Waals surface area (Å²) in [7, 11) is 4.80. The Labute approximate surface area is 194 Å². The zero-order valence-electron chi connectivity index (χ0n) is 17.8. The number of ether oxygens (including phenoxy) is 2. The largest absolute Gasteiger partial charge is 0.497 e. The number of furan rings is 1. The number of aliphatic imine (C=N–C) groups is 1. The molecule has 0 spiro atoms. The van der Waals surface area contributed by atoms with Gasteiger partial charge in [-0.3, -0.25) is 4.99 Å². The monoisotopic (exact) mass is 528 g/mol. The molecule has 2 heterocycles. The van der Waals surface area contributed by atoms with Gasteiger partial charge in [0.25, 0.3) is 0 Å². The molecule has 0 atom stereocenters. The number of methoxy groups -OCH3 is 2. The maximum absolute atomic E-state index is 11.7. The molecule has 0 radical (unpaired) electrons. The van der Waals surface area contributed by atoms with Crippen LogP contribution in [0.15, 0.2) is 39.7 Å². The molecule has 30 heavy (non-hydrogen) atoms. The first-order valence-corrected chi connectivity index (χ1v) is 9.58. The smallest absolute Gasteiger partial charge is 0.341 e. The second-order valence-corrected chi connectivity index (χ2v) is 6.75. The van der Waals surface area contributed by atoms with Crippen LogP contribution in [0.25, 0.3) is 0 Å². The highest BCUT2D eigenvalue weighted by atomic mass is 127. The first kappa shape index (κ1) is 23.8. The van der Waals surface area contributed by atoms with E-state index in [-0.39, 0.29) is 24.0 Å². The van der Waals surface area contributed by atoms with Gasteiger partial charge in [0.2, 0.25) is 0 Å². The van der Waals surface area contributed by atoms with E-state index in [4.69, 9.17) is 13.9 Å². The molecule has 1 aliphatic heterocycles. The van der Waals surface area contributed by atoms with E-state index in [2.05, 4.69) is 32.2 Å². The van der Waals surface area contributed by atoms with Crippen molar-refractivity contribution >= 4 is 41.6 Å². The van der Waals surface area contributed by atoms with E-state index in [1.54, 1.807) is 27.1 Å². The number of nitrogens with zero attached hydrogens (tertiary/aromatic N) is 3. The van der Waals surface area contributed by atoms with Gasteiger partial charge in [0.15, 0.2) is 5.96 Å². The van der Waals surface area contributed by atoms with Crippen molar-refractivity contribution in [1.82, 2.24) is 10.2 Å². The van der Waals surface area contributed by atoms with Crippen LogP contribution in [0.3, 0.4) is 0 Å². The van der Waals surface area contributed by atoms with Gasteiger partial charge in [-0.1, -0.05) is 0 Å². The minimum absolute atomic E-state index is 0. The molecule has 0 aliphatic carbocycles. The minimum atomic E-state index is -0.392. The van der Waals surface area contributed by atoms with E-state index in [0.29, 0.717) is 23.6 Å². The topological polar surface area (TPSA) is 79.5 Å². The molecule has 2 aromatic rings. The SMILES string of the molecule is CN=C(NCc1cc(C(=O)OC)c(C)o1)N1CCN(c2ccc(OC)cc2)CC1.I. The highest BCUT2D eigenvalue weighted by Crippen LogP contribution is 2.20. The molecule has 8 nitrogen and oxygen atoms in total. The van der Waals surface area contributed by atoms with Crippen molar-refractivity contribution in [3.8, 4) is 5.75 Å². The molecular weight excluding hydrogens is 499 g/mol. The van der Waals surface area contributed by atoms with Crippen LogP contribution in [0.5, 0.6) is 5.75 Å². The van der Waals surface area contributed by atoms with E-state index in [9.17, 15) is 4.79 Å². The summed E-state index contributed by atoms with van der Waals surface area (Å²) in [6.07, 6.45) is 0. The molecule has 164 valence electrons. The Bertz CT molecular complexity index is 858. The van der Waals surface area contributed by atoms with Crippen LogP contribution in [-0.2, 0) is 11.3 Å². The lowest BCUT2D eigenvalue weighted by Crippen LogP contribution is -2.52. The molecule has 0 bridgehead atoms. The predicted octanol–water partition coefficient (Wildman–Crippen LogP) is 2.90. The summed E-state index contributed by atoms with van der Waals surface area (Å²) in [5, 5.41) is 3.32. The summed E-state index contributed by atoms with van der Waals surface area (Å²) in [5.41, 5.74) is 1.64. The lowest BCUT2D eigenvalue weighted by atomic mass is 10.2. The van der Waals surface area contributed by atoms with Crippen LogP contribution < -0.4 is 15.0 Å². The number of nitrogens with one attached hydrogen (secondary N) is 1. The quantitative estimate of drug-likeness (QED) is 0.277. The number of carbonyl (C=O) groups excluding carboxylic acids is 1. The Hall–Kier alpha value is -2.43. The van der Waals surface area contributed by atoms with Crippen molar-refractivity contribution in [3.63, 3.8) is 0 Å². The first-order valence-electron chi connectivity index (χ1n) is 9.58. The fourth-order valence-electron chi connectivity index (χ4n) is 3.41. The van der Waals surface area contributed by atoms with E-state index in [1.807, 2.05) is 12.1 Å². The van der Waals surface area contributed by atoms with Gasteiger partial charge >= 0.3 is 5.97 Å². The molecule has 1 aromatic heterocycles. The summed E-state index contributed by atoms with van der Waals surface area (Å²) in [4.78, 5) is 20.7. The normalized spacial score (nSPS) is 14.2.